The molecule has 3 heterocycles. The van der Waals surface area contributed by atoms with Crippen molar-refractivity contribution in [3.8, 4) is 11.7 Å². The van der Waals surface area contributed by atoms with Crippen LogP contribution in [-0.2, 0) is 11.3 Å². The molecule has 0 radical (unpaired) electrons. The third kappa shape index (κ3) is 4.87. The molecule has 0 saturated heterocycles. The van der Waals surface area contributed by atoms with Gasteiger partial charge in [-0.3, -0.25) is 4.79 Å². The SMILES string of the molecule is CCCN(Cc1nnc(-c2ccco2)o1)C(=O)/C=C/c1cc(C)n(C2CCCCC2)c1C. The van der Waals surface area contributed by atoms with Gasteiger partial charge in [0.1, 0.15) is 0 Å². The fourth-order valence-corrected chi connectivity index (χ4v) is 4.66. The Hall–Kier alpha value is -3.09. The van der Waals surface area contributed by atoms with Crippen LogP contribution in [0.3, 0.4) is 0 Å². The summed E-state index contributed by atoms with van der Waals surface area (Å²) in [5.74, 6) is 1.17. The molecule has 170 valence electrons. The van der Waals surface area contributed by atoms with Crippen LogP contribution in [0.5, 0.6) is 0 Å². The zero-order chi connectivity index (χ0) is 22.5. The van der Waals surface area contributed by atoms with Crippen molar-refractivity contribution in [3.05, 3.63) is 53.4 Å². The molecule has 1 aliphatic rings. The smallest absolute Gasteiger partial charge is 0.283 e. The third-order valence-electron chi connectivity index (χ3n) is 6.20. The summed E-state index contributed by atoms with van der Waals surface area (Å²) in [6, 6.07) is 6.30. The summed E-state index contributed by atoms with van der Waals surface area (Å²) in [5, 5.41) is 8.10. The van der Waals surface area contributed by atoms with Gasteiger partial charge in [0.05, 0.1) is 12.8 Å². The lowest BCUT2D eigenvalue weighted by atomic mass is 9.95. The Morgan fingerprint density at radius 2 is 2.06 bits per heavy atom. The largest absolute Gasteiger partial charge is 0.459 e. The van der Waals surface area contributed by atoms with Crippen molar-refractivity contribution in [2.45, 2.75) is 71.9 Å². The highest BCUT2D eigenvalue weighted by Crippen LogP contribution is 2.32. The first-order chi connectivity index (χ1) is 15.6. The van der Waals surface area contributed by atoms with Gasteiger partial charge in [0.25, 0.3) is 5.89 Å². The summed E-state index contributed by atoms with van der Waals surface area (Å²) in [4.78, 5) is 14.7. The Balaban J connectivity index is 1.46. The van der Waals surface area contributed by atoms with Crippen LogP contribution in [0.25, 0.3) is 17.7 Å². The van der Waals surface area contributed by atoms with E-state index in [1.54, 1.807) is 29.4 Å². The average Bonchev–Trinajstić information content (AvgIpc) is 3.53. The summed E-state index contributed by atoms with van der Waals surface area (Å²) in [5.41, 5.74) is 3.61. The van der Waals surface area contributed by atoms with Crippen LogP contribution in [0.4, 0.5) is 0 Å². The lowest BCUT2D eigenvalue weighted by Gasteiger charge is -2.26. The molecule has 32 heavy (non-hydrogen) atoms. The van der Waals surface area contributed by atoms with Gasteiger partial charge in [-0.25, -0.2) is 0 Å². The van der Waals surface area contributed by atoms with Crippen LogP contribution in [0.15, 0.2) is 39.4 Å². The first kappa shape index (κ1) is 22.1. The fraction of sp³-hybridized carbons (Fsp3) is 0.480. The maximum atomic E-state index is 13.0. The number of aryl methyl sites for hydroxylation is 1. The number of amides is 1. The van der Waals surface area contributed by atoms with Gasteiger partial charge in [0, 0.05) is 30.1 Å². The zero-order valence-electron chi connectivity index (χ0n) is 19.2. The van der Waals surface area contributed by atoms with E-state index in [1.165, 1.54) is 43.5 Å². The standard InChI is InChI=1S/C25H32N4O3/c1-4-14-28(17-23-26-27-25(32-23)22-11-8-15-31-22)24(30)13-12-20-16-18(2)29(19(20)3)21-9-6-5-7-10-21/h8,11-13,15-16,21H,4-7,9-10,14,17H2,1-3H3/b13-12+. The van der Waals surface area contributed by atoms with Crippen molar-refractivity contribution in [3.63, 3.8) is 0 Å². The molecule has 0 atom stereocenters. The monoisotopic (exact) mass is 436 g/mol. The minimum Gasteiger partial charge on any atom is -0.459 e. The maximum Gasteiger partial charge on any atom is 0.283 e. The van der Waals surface area contributed by atoms with Crippen LogP contribution in [0.1, 0.15) is 74.3 Å². The first-order valence-corrected chi connectivity index (χ1v) is 11.6. The quantitative estimate of drug-likeness (QED) is 0.423. The highest BCUT2D eigenvalue weighted by Gasteiger charge is 2.20. The molecule has 0 aliphatic heterocycles. The van der Waals surface area contributed by atoms with Crippen molar-refractivity contribution in [2.75, 3.05) is 6.54 Å². The minimum absolute atomic E-state index is 0.0629. The van der Waals surface area contributed by atoms with Crippen molar-refractivity contribution in [1.29, 1.82) is 0 Å². The number of hydrogen-bond donors (Lipinski definition) is 0. The highest BCUT2D eigenvalue weighted by atomic mass is 16.4. The van der Waals surface area contributed by atoms with Gasteiger partial charge < -0.3 is 18.3 Å². The van der Waals surface area contributed by atoms with Gasteiger partial charge in [-0.05, 0) is 62.9 Å². The topological polar surface area (TPSA) is 77.3 Å². The van der Waals surface area contributed by atoms with Crippen LogP contribution in [0, 0.1) is 13.8 Å². The van der Waals surface area contributed by atoms with E-state index in [2.05, 4.69) is 34.7 Å². The van der Waals surface area contributed by atoms with Crippen LogP contribution in [-0.4, -0.2) is 32.1 Å². The van der Waals surface area contributed by atoms with Gasteiger partial charge in [0.2, 0.25) is 11.8 Å². The summed E-state index contributed by atoms with van der Waals surface area (Å²) in [6.45, 7) is 7.25. The van der Waals surface area contributed by atoms with Crippen LogP contribution in [0.2, 0.25) is 0 Å². The van der Waals surface area contributed by atoms with Gasteiger partial charge >= 0.3 is 0 Å². The number of carbonyl (C=O) groups excluding carboxylic acids is 1. The molecular formula is C25H32N4O3. The van der Waals surface area contributed by atoms with Gasteiger partial charge in [-0.15, -0.1) is 10.2 Å². The molecule has 1 saturated carbocycles. The maximum absolute atomic E-state index is 13.0. The summed E-state index contributed by atoms with van der Waals surface area (Å²) in [7, 11) is 0. The van der Waals surface area contributed by atoms with E-state index in [9.17, 15) is 4.79 Å². The zero-order valence-corrected chi connectivity index (χ0v) is 19.2. The normalized spacial score (nSPS) is 15.0. The molecule has 1 aliphatic carbocycles. The lowest BCUT2D eigenvalue weighted by molar-refractivity contribution is -0.126. The fourth-order valence-electron chi connectivity index (χ4n) is 4.66. The lowest BCUT2D eigenvalue weighted by Crippen LogP contribution is -2.29. The number of furan rings is 1. The predicted molar refractivity (Wildman–Crippen MR) is 123 cm³/mol. The minimum atomic E-state index is -0.0629. The van der Waals surface area contributed by atoms with E-state index >= 15 is 0 Å². The third-order valence-corrected chi connectivity index (χ3v) is 6.20. The van der Waals surface area contributed by atoms with E-state index < -0.39 is 0 Å². The number of aromatic nitrogens is 3. The van der Waals surface area contributed by atoms with E-state index in [-0.39, 0.29) is 12.5 Å². The van der Waals surface area contributed by atoms with Gasteiger partial charge in [0.15, 0.2) is 5.76 Å². The Labute approximate surface area is 189 Å². The molecule has 1 amide bonds. The molecule has 0 unspecified atom stereocenters. The van der Waals surface area contributed by atoms with Gasteiger partial charge in [-0.1, -0.05) is 26.2 Å². The molecule has 4 rings (SSSR count). The second kappa shape index (κ2) is 10.0. The Bertz CT molecular complexity index is 1060. The molecule has 0 N–H and O–H groups in total. The van der Waals surface area contributed by atoms with Gasteiger partial charge in [-0.2, -0.15) is 0 Å². The van der Waals surface area contributed by atoms with Crippen molar-refractivity contribution in [2.24, 2.45) is 0 Å². The molecule has 3 aromatic heterocycles. The highest BCUT2D eigenvalue weighted by molar-refractivity contribution is 5.91. The van der Waals surface area contributed by atoms with Crippen molar-refractivity contribution < 1.29 is 13.6 Å². The summed E-state index contributed by atoms with van der Waals surface area (Å²) in [6.07, 6.45) is 12.4. The Kier molecular flexibility index (Phi) is 6.93. The Morgan fingerprint density at radius 3 is 2.78 bits per heavy atom. The van der Waals surface area contributed by atoms with E-state index in [0.29, 0.717) is 30.1 Å². The second-order valence-electron chi connectivity index (χ2n) is 8.56. The summed E-state index contributed by atoms with van der Waals surface area (Å²) < 4.78 is 13.4. The molecular weight excluding hydrogens is 404 g/mol. The number of nitrogens with zero attached hydrogens (tertiary/aromatic N) is 4. The predicted octanol–water partition coefficient (Wildman–Crippen LogP) is 5.71. The molecule has 0 bridgehead atoms. The molecule has 0 spiro atoms. The van der Waals surface area contributed by atoms with E-state index in [1.807, 2.05) is 13.0 Å². The Morgan fingerprint density at radius 1 is 1.25 bits per heavy atom. The van der Waals surface area contributed by atoms with Crippen molar-refractivity contribution >= 4 is 12.0 Å². The van der Waals surface area contributed by atoms with Crippen LogP contribution >= 0.6 is 0 Å². The molecule has 1 fully saturated rings. The average molecular weight is 437 g/mol. The van der Waals surface area contributed by atoms with E-state index in [0.717, 1.165) is 12.0 Å². The first-order valence-electron chi connectivity index (χ1n) is 11.6. The molecule has 3 aromatic rings. The van der Waals surface area contributed by atoms with Crippen LogP contribution < -0.4 is 0 Å². The molecule has 7 heteroatoms. The number of hydrogen-bond acceptors (Lipinski definition) is 5. The number of rotatable bonds is 8. The van der Waals surface area contributed by atoms with Crippen molar-refractivity contribution in [1.82, 2.24) is 19.7 Å². The van der Waals surface area contributed by atoms with E-state index in [4.69, 9.17) is 8.83 Å². The second-order valence-corrected chi connectivity index (χ2v) is 8.56. The molecule has 0 aromatic carbocycles. The molecule has 7 nitrogen and oxygen atoms in total. The summed E-state index contributed by atoms with van der Waals surface area (Å²) >= 11 is 0. The number of carbonyl (C=O) groups is 1.